The number of anilines is 1. The zero-order chi connectivity index (χ0) is 19.3. The van der Waals surface area contributed by atoms with Gasteiger partial charge in [0.25, 0.3) is 0 Å². The quantitative estimate of drug-likeness (QED) is 0.336. The van der Waals surface area contributed by atoms with Crippen molar-refractivity contribution in [2.24, 2.45) is 4.99 Å². The number of aromatic nitrogens is 3. The second-order valence-corrected chi connectivity index (χ2v) is 6.94. The maximum Gasteiger partial charge on any atom is 0.193 e. The number of guanidine groups is 1. The Morgan fingerprint density at radius 2 is 1.83 bits per heavy atom. The summed E-state index contributed by atoms with van der Waals surface area (Å²) >= 11 is 0. The fourth-order valence-corrected chi connectivity index (χ4v) is 3.78. The molecule has 8 heteroatoms. The minimum atomic E-state index is 0. The molecule has 0 bridgehead atoms. The monoisotopic (exact) mass is 505 g/mol. The lowest BCUT2D eigenvalue weighted by Gasteiger charge is -2.37. The van der Waals surface area contributed by atoms with E-state index in [9.17, 15) is 0 Å². The maximum absolute atomic E-state index is 4.64. The zero-order valence-electron chi connectivity index (χ0n) is 17.0. The van der Waals surface area contributed by atoms with Gasteiger partial charge in [-0.25, -0.2) is 9.97 Å². The van der Waals surface area contributed by atoms with Crippen LogP contribution in [0.15, 0.2) is 53.7 Å². The fourth-order valence-electron chi connectivity index (χ4n) is 3.78. The van der Waals surface area contributed by atoms with Crippen molar-refractivity contribution in [2.75, 3.05) is 44.7 Å². The van der Waals surface area contributed by atoms with Crippen LogP contribution in [-0.2, 0) is 6.54 Å². The Balaban J connectivity index is 0.00000240. The molecular formula is C21H28IN7. The molecule has 4 rings (SSSR count). The molecule has 0 radical (unpaired) electrons. The van der Waals surface area contributed by atoms with Crippen molar-refractivity contribution in [1.82, 2.24) is 24.8 Å². The van der Waals surface area contributed by atoms with Crippen LogP contribution in [0, 0.1) is 6.92 Å². The highest BCUT2D eigenvalue weighted by Crippen LogP contribution is 2.15. The number of para-hydroxylation sites is 2. The van der Waals surface area contributed by atoms with Crippen molar-refractivity contribution in [3.63, 3.8) is 0 Å². The molecule has 0 unspecified atom stereocenters. The Labute approximate surface area is 188 Å². The first-order valence-electron chi connectivity index (χ1n) is 9.79. The lowest BCUT2D eigenvalue weighted by Crippen LogP contribution is -2.53. The summed E-state index contributed by atoms with van der Waals surface area (Å²) in [6.45, 7) is 7.50. The molecule has 3 aromatic rings. The summed E-state index contributed by atoms with van der Waals surface area (Å²) < 4.78 is 2.26. The molecule has 1 saturated heterocycles. The molecule has 1 aromatic carbocycles. The standard InChI is InChI=1S/C21H27N7.HI/c1-17-25-18-7-3-4-8-19(18)28(17)12-11-24-21(22-2)27-15-13-26(14-16-27)20-9-5-6-10-23-20;/h3-10H,11-16H2,1-2H3,(H,22,24);1H. The van der Waals surface area contributed by atoms with Crippen LogP contribution in [0.3, 0.4) is 0 Å². The van der Waals surface area contributed by atoms with Gasteiger partial charge in [0, 0.05) is 52.5 Å². The number of nitrogens with one attached hydrogen (secondary N) is 1. The van der Waals surface area contributed by atoms with E-state index in [4.69, 9.17) is 0 Å². The molecule has 0 atom stereocenters. The van der Waals surface area contributed by atoms with Gasteiger partial charge < -0.3 is 19.7 Å². The van der Waals surface area contributed by atoms with Gasteiger partial charge in [0.15, 0.2) is 5.96 Å². The van der Waals surface area contributed by atoms with E-state index in [2.05, 4.69) is 65.8 Å². The molecule has 1 N–H and O–H groups in total. The minimum absolute atomic E-state index is 0. The second kappa shape index (κ2) is 9.91. The Morgan fingerprint density at radius 1 is 1.07 bits per heavy atom. The molecule has 0 saturated carbocycles. The predicted molar refractivity (Wildman–Crippen MR) is 129 cm³/mol. The lowest BCUT2D eigenvalue weighted by atomic mass is 10.3. The van der Waals surface area contributed by atoms with Crippen molar-refractivity contribution in [3.05, 3.63) is 54.5 Å². The first kappa shape index (κ1) is 21.4. The number of hydrogen-bond acceptors (Lipinski definition) is 4. The van der Waals surface area contributed by atoms with Gasteiger partial charge in [0.05, 0.1) is 11.0 Å². The van der Waals surface area contributed by atoms with Crippen LogP contribution < -0.4 is 10.2 Å². The number of benzene rings is 1. The average Bonchev–Trinajstić information content (AvgIpc) is 3.07. The number of aryl methyl sites for hydroxylation is 1. The molecule has 1 fully saturated rings. The number of fused-ring (bicyclic) bond motifs is 1. The van der Waals surface area contributed by atoms with Crippen LogP contribution in [0.5, 0.6) is 0 Å². The van der Waals surface area contributed by atoms with Crippen LogP contribution in [0.1, 0.15) is 5.82 Å². The van der Waals surface area contributed by atoms with Crippen LogP contribution >= 0.6 is 24.0 Å². The normalized spacial score (nSPS) is 14.8. The zero-order valence-corrected chi connectivity index (χ0v) is 19.3. The molecule has 0 spiro atoms. The SMILES string of the molecule is CN=C(NCCn1c(C)nc2ccccc21)N1CCN(c2ccccn2)CC1.I. The third-order valence-electron chi connectivity index (χ3n) is 5.23. The highest BCUT2D eigenvalue weighted by Gasteiger charge is 2.20. The molecule has 7 nitrogen and oxygen atoms in total. The van der Waals surface area contributed by atoms with Gasteiger partial charge in [-0.3, -0.25) is 4.99 Å². The van der Waals surface area contributed by atoms with Gasteiger partial charge >= 0.3 is 0 Å². The third-order valence-corrected chi connectivity index (χ3v) is 5.23. The lowest BCUT2D eigenvalue weighted by molar-refractivity contribution is 0.370. The van der Waals surface area contributed by atoms with E-state index in [-0.39, 0.29) is 24.0 Å². The highest BCUT2D eigenvalue weighted by molar-refractivity contribution is 14.0. The molecule has 0 aliphatic carbocycles. The van der Waals surface area contributed by atoms with Gasteiger partial charge in [-0.15, -0.1) is 24.0 Å². The van der Waals surface area contributed by atoms with E-state index in [1.54, 1.807) is 0 Å². The number of imidazole rings is 1. The first-order chi connectivity index (χ1) is 13.8. The molecule has 2 aromatic heterocycles. The van der Waals surface area contributed by atoms with Gasteiger partial charge in [0.2, 0.25) is 0 Å². The smallest absolute Gasteiger partial charge is 0.193 e. The molecule has 3 heterocycles. The topological polar surface area (TPSA) is 61.6 Å². The van der Waals surface area contributed by atoms with Crippen molar-refractivity contribution < 1.29 is 0 Å². The summed E-state index contributed by atoms with van der Waals surface area (Å²) in [7, 11) is 1.85. The summed E-state index contributed by atoms with van der Waals surface area (Å²) in [5.41, 5.74) is 2.23. The fraction of sp³-hybridized carbons (Fsp3) is 0.381. The Kier molecular flexibility index (Phi) is 7.29. The van der Waals surface area contributed by atoms with Gasteiger partial charge in [0.1, 0.15) is 11.6 Å². The molecular weight excluding hydrogens is 477 g/mol. The summed E-state index contributed by atoms with van der Waals surface area (Å²) in [6, 6.07) is 14.3. The van der Waals surface area contributed by atoms with Gasteiger partial charge in [-0.1, -0.05) is 18.2 Å². The summed E-state index contributed by atoms with van der Waals surface area (Å²) in [5, 5.41) is 3.52. The van der Waals surface area contributed by atoms with E-state index in [1.807, 2.05) is 31.4 Å². The summed E-state index contributed by atoms with van der Waals surface area (Å²) in [4.78, 5) is 18.2. The summed E-state index contributed by atoms with van der Waals surface area (Å²) in [5.74, 6) is 3.05. The van der Waals surface area contributed by atoms with Crippen LogP contribution in [0.2, 0.25) is 0 Å². The van der Waals surface area contributed by atoms with E-state index in [0.29, 0.717) is 0 Å². The second-order valence-electron chi connectivity index (χ2n) is 6.94. The number of piperazine rings is 1. The van der Waals surface area contributed by atoms with Crippen LogP contribution in [-0.4, -0.2) is 65.2 Å². The molecule has 1 aliphatic heterocycles. The molecule has 1 aliphatic rings. The van der Waals surface area contributed by atoms with Crippen molar-refractivity contribution in [2.45, 2.75) is 13.5 Å². The Morgan fingerprint density at radius 3 is 2.55 bits per heavy atom. The van der Waals surface area contributed by atoms with E-state index >= 15 is 0 Å². The number of halogens is 1. The van der Waals surface area contributed by atoms with E-state index in [1.165, 1.54) is 5.52 Å². The largest absolute Gasteiger partial charge is 0.354 e. The third kappa shape index (κ3) is 4.80. The van der Waals surface area contributed by atoms with Gasteiger partial charge in [-0.2, -0.15) is 0 Å². The Hall–Kier alpha value is -2.36. The number of pyridine rings is 1. The van der Waals surface area contributed by atoms with Gasteiger partial charge in [-0.05, 0) is 31.2 Å². The molecule has 29 heavy (non-hydrogen) atoms. The van der Waals surface area contributed by atoms with Crippen molar-refractivity contribution in [1.29, 1.82) is 0 Å². The first-order valence-corrected chi connectivity index (χ1v) is 9.79. The van der Waals surface area contributed by atoms with Crippen molar-refractivity contribution >= 4 is 46.8 Å². The average molecular weight is 505 g/mol. The number of hydrogen-bond donors (Lipinski definition) is 1. The predicted octanol–water partition coefficient (Wildman–Crippen LogP) is 2.76. The van der Waals surface area contributed by atoms with E-state index < -0.39 is 0 Å². The highest BCUT2D eigenvalue weighted by atomic mass is 127. The number of rotatable bonds is 4. The van der Waals surface area contributed by atoms with Crippen molar-refractivity contribution in [3.8, 4) is 0 Å². The van der Waals surface area contributed by atoms with Crippen LogP contribution in [0.4, 0.5) is 5.82 Å². The molecule has 154 valence electrons. The van der Waals surface area contributed by atoms with Crippen LogP contribution in [0.25, 0.3) is 11.0 Å². The van der Waals surface area contributed by atoms with E-state index in [0.717, 1.165) is 62.4 Å². The minimum Gasteiger partial charge on any atom is -0.354 e. The Bertz CT molecular complexity index is 946. The number of nitrogens with zero attached hydrogens (tertiary/aromatic N) is 6. The summed E-state index contributed by atoms with van der Waals surface area (Å²) in [6.07, 6.45) is 1.85. The molecule has 0 amide bonds. The maximum atomic E-state index is 4.64. The number of aliphatic imine (C=N–C) groups is 1.